The molecule has 17 heavy (non-hydrogen) atoms. The largest absolute Gasteiger partial charge is 0.393 e. The van der Waals surface area contributed by atoms with Crippen LogP contribution in [0.4, 0.5) is 0 Å². The first-order chi connectivity index (χ1) is 8.22. The fraction of sp³-hybridized carbons (Fsp3) is 0.357. The number of nitrogens with one attached hydrogen (secondary N) is 1. The second-order valence-corrected chi connectivity index (χ2v) is 3.72. The molecular weight excluding hydrogens is 214 g/mol. The monoisotopic (exact) mass is 231 g/mol. The first-order valence-corrected chi connectivity index (χ1v) is 5.75. The highest BCUT2D eigenvalue weighted by Crippen LogP contribution is 1.95. The summed E-state index contributed by atoms with van der Waals surface area (Å²) in [6, 6.07) is 9.35. The van der Waals surface area contributed by atoms with Crippen molar-refractivity contribution in [2.24, 2.45) is 0 Å². The molecule has 1 aromatic carbocycles. The van der Waals surface area contributed by atoms with Crippen LogP contribution in [-0.2, 0) is 4.79 Å². The standard InChI is InChI=1S/C14H17NO2/c1-2-13(16)10-11-15-14(17)9-8-12-6-4-3-5-7-12/h3-7,13,16H,2,10-11H2,1H3,(H,15,17). The van der Waals surface area contributed by atoms with Crippen molar-refractivity contribution < 1.29 is 9.90 Å². The first kappa shape index (κ1) is 13.3. The van der Waals surface area contributed by atoms with Gasteiger partial charge >= 0.3 is 0 Å². The molecule has 3 nitrogen and oxygen atoms in total. The lowest BCUT2D eigenvalue weighted by Gasteiger charge is -2.06. The lowest BCUT2D eigenvalue weighted by Crippen LogP contribution is -2.25. The van der Waals surface area contributed by atoms with Crippen molar-refractivity contribution in [3.8, 4) is 11.8 Å². The zero-order valence-electron chi connectivity index (χ0n) is 9.94. The Morgan fingerprint density at radius 3 is 2.76 bits per heavy atom. The van der Waals surface area contributed by atoms with E-state index in [2.05, 4.69) is 17.2 Å². The molecule has 0 bridgehead atoms. The van der Waals surface area contributed by atoms with E-state index < -0.39 is 0 Å². The summed E-state index contributed by atoms with van der Waals surface area (Å²) < 4.78 is 0. The Labute approximate surface area is 102 Å². The van der Waals surface area contributed by atoms with Gasteiger partial charge in [-0.2, -0.15) is 0 Å². The Kier molecular flexibility index (Phi) is 5.84. The lowest BCUT2D eigenvalue weighted by atomic mass is 10.2. The molecule has 1 aromatic rings. The van der Waals surface area contributed by atoms with Gasteiger partial charge in [-0.05, 0) is 25.0 Å². The number of aliphatic hydroxyl groups excluding tert-OH is 1. The van der Waals surface area contributed by atoms with Crippen LogP contribution in [0.1, 0.15) is 25.3 Å². The highest BCUT2D eigenvalue weighted by atomic mass is 16.3. The minimum atomic E-state index is -0.350. The quantitative estimate of drug-likeness (QED) is 0.768. The van der Waals surface area contributed by atoms with Crippen LogP contribution in [0, 0.1) is 11.8 Å². The highest BCUT2D eigenvalue weighted by molar-refractivity contribution is 5.94. The topological polar surface area (TPSA) is 49.3 Å². The third kappa shape index (κ3) is 5.74. The van der Waals surface area contributed by atoms with Crippen LogP contribution in [0.25, 0.3) is 0 Å². The van der Waals surface area contributed by atoms with Crippen molar-refractivity contribution in [3.05, 3.63) is 35.9 Å². The van der Waals surface area contributed by atoms with Gasteiger partial charge in [-0.3, -0.25) is 4.79 Å². The van der Waals surface area contributed by atoms with E-state index in [4.69, 9.17) is 0 Å². The van der Waals surface area contributed by atoms with E-state index in [9.17, 15) is 9.90 Å². The molecule has 0 aliphatic rings. The van der Waals surface area contributed by atoms with E-state index in [-0.39, 0.29) is 12.0 Å². The summed E-state index contributed by atoms with van der Waals surface area (Å²) in [4.78, 5) is 11.3. The van der Waals surface area contributed by atoms with Gasteiger partial charge in [0.05, 0.1) is 6.10 Å². The molecule has 0 saturated heterocycles. The molecular formula is C14H17NO2. The molecule has 2 N–H and O–H groups in total. The van der Waals surface area contributed by atoms with E-state index in [0.717, 1.165) is 5.56 Å². The first-order valence-electron chi connectivity index (χ1n) is 5.75. The smallest absolute Gasteiger partial charge is 0.296 e. The molecule has 90 valence electrons. The number of carbonyl (C=O) groups is 1. The maximum Gasteiger partial charge on any atom is 0.296 e. The van der Waals surface area contributed by atoms with Gasteiger partial charge in [0, 0.05) is 18.0 Å². The van der Waals surface area contributed by atoms with Gasteiger partial charge in [0.2, 0.25) is 0 Å². The second kappa shape index (κ2) is 7.48. The zero-order chi connectivity index (χ0) is 12.5. The predicted octanol–water partition coefficient (Wildman–Crippen LogP) is 1.32. The van der Waals surface area contributed by atoms with Crippen LogP contribution in [0.5, 0.6) is 0 Å². The molecule has 0 fully saturated rings. The van der Waals surface area contributed by atoms with Crippen molar-refractivity contribution in [3.63, 3.8) is 0 Å². The third-order valence-corrected chi connectivity index (χ3v) is 2.33. The van der Waals surface area contributed by atoms with E-state index in [1.807, 2.05) is 37.3 Å². The molecule has 1 atom stereocenters. The number of benzene rings is 1. The van der Waals surface area contributed by atoms with E-state index in [0.29, 0.717) is 19.4 Å². The van der Waals surface area contributed by atoms with Crippen molar-refractivity contribution >= 4 is 5.91 Å². The normalized spacial score (nSPS) is 11.2. The van der Waals surface area contributed by atoms with Gasteiger partial charge in [0.1, 0.15) is 0 Å². The summed E-state index contributed by atoms with van der Waals surface area (Å²) >= 11 is 0. The van der Waals surface area contributed by atoms with E-state index >= 15 is 0 Å². The van der Waals surface area contributed by atoms with Crippen molar-refractivity contribution in [2.75, 3.05) is 6.54 Å². The fourth-order valence-electron chi connectivity index (χ4n) is 1.25. The number of carbonyl (C=O) groups excluding carboxylic acids is 1. The van der Waals surface area contributed by atoms with Crippen LogP contribution < -0.4 is 5.32 Å². The summed E-state index contributed by atoms with van der Waals surface area (Å²) in [5.74, 6) is 4.97. The van der Waals surface area contributed by atoms with Gasteiger partial charge in [-0.15, -0.1) is 0 Å². The molecule has 0 saturated carbocycles. The zero-order valence-corrected chi connectivity index (χ0v) is 9.94. The minimum absolute atomic E-state index is 0.308. The molecule has 1 rings (SSSR count). The average molecular weight is 231 g/mol. The summed E-state index contributed by atoms with van der Waals surface area (Å²) in [5.41, 5.74) is 0.816. The van der Waals surface area contributed by atoms with Gasteiger partial charge in [-0.25, -0.2) is 0 Å². The van der Waals surface area contributed by atoms with Gasteiger partial charge in [-0.1, -0.05) is 31.0 Å². The molecule has 1 unspecified atom stereocenters. The van der Waals surface area contributed by atoms with Crippen LogP contribution >= 0.6 is 0 Å². The maximum atomic E-state index is 11.3. The molecule has 3 heteroatoms. The number of hydrogen-bond donors (Lipinski definition) is 2. The number of aliphatic hydroxyl groups is 1. The van der Waals surface area contributed by atoms with Crippen LogP contribution in [0.3, 0.4) is 0 Å². The molecule has 0 spiro atoms. The Morgan fingerprint density at radius 1 is 1.41 bits per heavy atom. The van der Waals surface area contributed by atoms with E-state index in [1.165, 1.54) is 0 Å². The van der Waals surface area contributed by atoms with Gasteiger partial charge in [0.25, 0.3) is 5.91 Å². The maximum absolute atomic E-state index is 11.3. The summed E-state index contributed by atoms with van der Waals surface area (Å²) in [6.07, 6.45) is 0.915. The van der Waals surface area contributed by atoms with E-state index in [1.54, 1.807) is 0 Å². The summed E-state index contributed by atoms with van der Waals surface area (Å²) in [7, 11) is 0. The Morgan fingerprint density at radius 2 is 2.12 bits per heavy atom. The molecule has 1 amide bonds. The average Bonchev–Trinajstić information content (AvgIpc) is 2.37. The SMILES string of the molecule is CCC(O)CCNC(=O)C#Cc1ccccc1. The minimum Gasteiger partial charge on any atom is -0.393 e. The third-order valence-electron chi connectivity index (χ3n) is 2.33. The Balaban J connectivity index is 2.33. The summed E-state index contributed by atoms with van der Waals surface area (Å²) in [6.45, 7) is 2.36. The van der Waals surface area contributed by atoms with Gasteiger partial charge < -0.3 is 10.4 Å². The molecule has 0 aromatic heterocycles. The fourth-order valence-corrected chi connectivity index (χ4v) is 1.25. The predicted molar refractivity (Wildman–Crippen MR) is 67.2 cm³/mol. The molecule has 0 heterocycles. The number of amides is 1. The highest BCUT2D eigenvalue weighted by Gasteiger charge is 2.00. The summed E-state index contributed by atoms with van der Waals surface area (Å²) in [5, 5.41) is 11.9. The number of rotatable bonds is 4. The second-order valence-electron chi connectivity index (χ2n) is 3.72. The van der Waals surface area contributed by atoms with Crippen LogP contribution in [-0.4, -0.2) is 23.7 Å². The Hall–Kier alpha value is -1.79. The lowest BCUT2D eigenvalue weighted by molar-refractivity contribution is -0.115. The van der Waals surface area contributed by atoms with Crippen LogP contribution in [0.15, 0.2) is 30.3 Å². The van der Waals surface area contributed by atoms with Crippen molar-refractivity contribution in [1.29, 1.82) is 0 Å². The Bertz CT molecular complexity index is 403. The van der Waals surface area contributed by atoms with Gasteiger partial charge in [0.15, 0.2) is 0 Å². The molecule has 0 aliphatic heterocycles. The number of hydrogen-bond acceptors (Lipinski definition) is 2. The van der Waals surface area contributed by atoms with Crippen molar-refractivity contribution in [1.82, 2.24) is 5.32 Å². The van der Waals surface area contributed by atoms with Crippen LogP contribution in [0.2, 0.25) is 0 Å². The molecule has 0 aliphatic carbocycles. The molecule has 0 radical (unpaired) electrons. The van der Waals surface area contributed by atoms with Crippen molar-refractivity contribution in [2.45, 2.75) is 25.9 Å².